The van der Waals surface area contributed by atoms with E-state index in [0.717, 1.165) is 23.1 Å². The van der Waals surface area contributed by atoms with Gasteiger partial charge < -0.3 is 5.11 Å². The van der Waals surface area contributed by atoms with Crippen molar-refractivity contribution in [3.8, 4) is 5.75 Å². The van der Waals surface area contributed by atoms with Gasteiger partial charge in [0.15, 0.2) is 0 Å². The van der Waals surface area contributed by atoms with Crippen molar-refractivity contribution in [2.45, 2.75) is 24.8 Å². The smallest absolute Gasteiger partial charge is 0.119 e. The standard InChI is InChI=1S/C24H23BrClNO/c1-16(17-7-3-2-4-8-17)27-14-21(19-9-5-6-10-23(19)25)22(15-27)20-13-18(26)11-12-24(20)28/h2-13,16,21-22,28H,14-15H2,1H3. The van der Waals surface area contributed by atoms with E-state index in [2.05, 4.69) is 76.3 Å². The average molecular weight is 457 g/mol. The molecule has 0 radical (unpaired) electrons. The zero-order valence-corrected chi connectivity index (χ0v) is 18.1. The van der Waals surface area contributed by atoms with Crippen LogP contribution in [0.4, 0.5) is 0 Å². The Labute approximate surface area is 179 Å². The number of nitrogens with zero attached hydrogens (tertiary/aromatic N) is 1. The number of benzene rings is 3. The van der Waals surface area contributed by atoms with E-state index in [1.807, 2.05) is 12.1 Å². The summed E-state index contributed by atoms with van der Waals surface area (Å²) < 4.78 is 1.11. The van der Waals surface area contributed by atoms with Gasteiger partial charge in [0.2, 0.25) is 0 Å². The van der Waals surface area contributed by atoms with Crippen LogP contribution in [0.5, 0.6) is 5.75 Å². The fourth-order valence-corrected chi connectivity index (χ4v) is 5.08. The van der Waals surface area contributed by atoms with Crippen molar-refractivity contribution in [2.75, 3.05) is 13.1 Å². The van der Waals surface area contributed by atoms with Gasteiger partial charge in [0, 0.05) is 46.0 Å². The van der Waals surface area contributed by atoms with Crippen LogP contribution in [-0.2, 0) is 0 Å². The van der Waals surface area contributed by atoms with Crippen molar-refractivity contribution in [3.05, 3.63) is 99.0 Å². The van der Waals surface area contributed by atoms with E-state index in [1.54, 1.807) is 12.1 Å². The minimum Gasteiger partial charge on any atom is -0.508 e. The number of likely N-dealkylation sites (tertiary alicyclic amines) is 1. The molecular formula is C24H23BrClNO. The second kappa shape index (κ2) is 8.28. The number of aromatic hydroxyl groups is 1. The Morgan fingerprint density at radius 3 is 2.29 bits per heavy atom. The lowest BCUT2D eigenvalue weighted by Crippen LogP contribution is -2.24. The van der Waals surface area contributed by atoms with Crippen LogP contribution in [0.2, 0.25) is 5.02 Å². The van der Waals surface area contributed by atoms with Crippen LogP contribution in [0.25, 0.3) is 0 Å². The van der Waals surface area contributed by atoms with Gasteiger partial charge >= 0.3 is 0 Å². The van der Waals surface area contributed by atoms with Crippen molar-refractivity contribution >= 4 is 27.5 Å². The molecule has 0 aromatic heterocycles. The highest BCUT2D eigenvalue weighted by atomic mass is 79.9. The first-order chi connectivity index (χ1) is 13.5. The molecule has 0 bridgehead atoms. The van der Waals surface area contributed by atoms with E-state index >= 15 is 0 Å². The third-order valence-corrected chi connectivity index (χ3v) is 6.83. The highest BCUT2D eigenvalue weighted by Gasteiger charge is 2.39. The van der Waals surface area contributed by atoms with Crippen LogP contribution in [0.1, 0.15) is 41.5 Å². The highest BCUT2D eigenvalue weighted by Crippen LogP contribution is 2.47. The molecule has 1 N–H and O–H groups in total. The first kappa shape index (κ1) is 19.5. The summed E-state index contributed by atoms with van der Waals surface area (Å²) in [5.41, 5.74) is 3.51. The second-order valence-electron chi connectivity index (χ2n) is 7.48. The molecule has 3 atom stereocenters. The minimum atomic E-state index is 0.170. The number of hydrogen-bond donors (Lipinski definition) is 1. The Bertz CT molecular complexity index is 962. The summed E-state index contributed by atoms with van der Waals surface area (Å²) in [7, 11) is 0. The molecule has 3 aromatic rings. The van der Waals surface area contributed by atoms with Crippen molar-refractivity contribution in [3.63, 3.8) is 0 Å². The molecule has 4 rings (SSSR count). The monoisotopic (exact) mass is 455 g/mol. The molecule has 1 saturated heterocycles. The fourth-order valence-electron chi connectivity index (χ4n) is 4.32. The predicted octanol–water partition coefficient (Wildman–Crippen LogP) is 6.75. The van der Waals surface area contributed by atoms with Crippen molar-refractivity contribution in [1.29, 1.82) is 0 Å². The number of halogens is 2. The zero-order chi connectivity index (χ0) is 19.7. The first-order valence-corrected chi connectivity index (χ1v) is 10.7. The molecule has 28 heavy (non-hydrogen) atoms. The maximum absolute atomic E-state index is 10.6. The summed E-state index contributed by atoms with van der Waals surface area (Å²) >= 11 is 10.0. The maximum Gasteiger partial charge on any atom is 0.119 e. The molecule has 1 fully saturated rings. The van der Waals surface area contributed by atoms with Gasteiger partial charge in [-0.05, 0) is 42.3 Å². The van der Waals surface area contributed by atoms with Gasteiger partial charge in [-0.2, -0.15) is 0 Å². The van der Waals surface area contributed by atoms with Gasteiger partial charge in [-0.1, -0.05) is 76.1 Å². The topological polar surface area (TPSA) is 23.5 Å². The molecule has 0 aliphatic carbocycles. The summed E-state index contributed by atoms with van der Waals surface area (Å²) in [6, 6.07) is 24.7. The Balaban J connectivity index is 1.73. The normalized spacial score (nSPS) is 21.0. The predicted molar refractivity (Wildman–Crippen MR) is 119 cm³/mol. The number of hydrogen-bond acceptors (Lipinski definition) is 2. The molecule has 0 saturated carbocycles. The van der Waals surface area contributed by atoms with E-state index in [1.165, 1.54) is 11.1 Å². The molecule has 0 spiro atoms. The van der Waals surface area contributed by atoms with Gasteiger partial charge in [0.05, 0.1) is 0 Å². The number of phenolic OH excluding ortho intramolecular Hbond substituents is 1. The van der Waals surface area contributed by atoms with Crippen molar-refractivity contribution in [1.82, 2.24) is 4.90 Å². The summed E-state index contributed by atoms with van der Waals surface area (Å²) in [6.45, 7) is 4.05. The van der Waals surface area contributed by atoms with E-state index < -0.39 is 0 Å². The average Bonchev–Trinajstić information content (AvgIpc) is 3.15. The first-order valence-electron chi connectivity index (χ1n) is 9.56. The van der Waals surface area contributed by atoms with Crippen LogP contribution in [0.3, 0.4) is 0 Å². The summed E-state index contributed by atoms with van der Waals surface area (Å²) in [5, 5.41) is 11.2. The lowest BCUT2D eigenvalue weighted by atomic mass is 9.84. The van der Waals surface area contributed by atoms with Gasteiger partial charge in [0.1, 0.15) is 5.75 Å². The van der Waals surface area contributed by atoms with Crippen LogP contribution < -0.4 is 0 Å². The molecule has 1 aliphatic heterocycles. The van der Waals surface area contributed by atoms with Gasteiger partial charge in [-0.3, -0.25) is 4.90 Å². The molecule has 1 heterocycles. The van der Waals surface area contributed by atoms with Gasteiger partial charge in [-0.15, -0.1) is 0 Å². The van der Waals surface area contributed by atoms with Gasteiger partial charge in [-0.25, -0.2) is 0 Å². The SMILES string of the molecule is CC(c1ccccc1)N1CC(c2cc(Cl)ccc2O)C(c2ccccc2Br)C1. The van der Waals surface area contributed by atoms with E-state index in [-0.39, 0.29) is 11.8 Å². The molecule has 3 aromatic carbocycles. The molecule has 144 valence electrons. The quantitative estimate of drug-likeness (QED) is 0.469. The third-order valence-electron chi connectivity index (χ3n) is 5.87. The number of phenols is 1. The Hall–Kier alpha value is -1.81. The van der Waals surface area contributed by atoms with Crippen LogP contribution in [-0.4, -0.2) is 23.1 Å². The molecule has 4 heteroatoms. The lowest BCUT2D eigenvalue weighted by Gasteiger charge is -2.25. The van der Waals surface area contributed by atoms with Crippen LogP contribution in [0, 0.1) is 0 Å². The Morgan fingerprint density at radius 1 is 0.929 bits per heavy atom. The molecular weight excluding hydrogens is 434 g/mol. The summed E-state index contributed by atoms with van der Waals surface area (Å²) in [6.07, 6.45) is 0. The Morgan fingerprint density at radius 2 is 1.57 bits per heavy atom. The van der Waals surface area contributed by atoms with Crippen molar-refractivity contribution < 1.29 is 5.11 Å². The molecule has 1 aliphatic rings. The minimum absolute atomic E-state index is 0.170. The van der Waals surface area contributed by atoms with Gasteiger partial charge in [0.25, 0.3) is 0 Å². The summed E-state index contributed by atoms with van der Waals surface area (Å²) in [5.74, 6) is 0.760. The number of rotatable bonds is 4. The van der Waals surface area contributed by atoms with E-state index in [9.17, 15) is 5.11 Å². The molecule has 0 amide bonds. The van der Waals surface area contributed by atoms with Crippen molar-refractivity contribution in [2.24, 2.45) is 0 Å². The van der Waals surface area contributed by atoms with Crippen LogP contribution in [0.15, 0.2) is 77.3 Å². The summed E-state index contributed by atoms with van der Waals surface area (Å²) in [4.78, 5) is 2.50. The lowest BCUT2D eigenvalue weighted by molar-refractivity contribution is 0.257. The Kier molecular flexibility index (Phi) is 5.77. The zero-order valence-electron chi connectivity index (χ0n) is 15.7. The largest absolute Gasteiger partial charge is 0.508 e. The highest BCUT2D eigenvalue weighted by molar-refractivity contribution is 9.10. The van der Waals surface area contributed by atoms with E-state index in [4.69, 9.17) is 11.6 Å². The van der Waals surface area contributed by atoms with Crippen LogP contribution >= 0.6 is 27.5 Å². The third kappa shape index (κ3) is 3.84. The maximum atomic E-state index is 10.6. The fraction of sp³-hybridized carbons (Fsp3) is 0.250. The van der Waals surface area contributed by atoms with E-state index in [0.29, 0.717) is 16.8 Å². The molecule has 3 unspecified atom stereocenters. The second-order valence-corrected chi connectivity index (χ2v) is 8.77. The molecule has 2 nitrogen and oxygen atoms in total.